The SMILES string of the molecule is Nc1cc(F)cc(S(F)(F)(F)(F)F)c1. The van der Waals surface area contributed by atoms with Gasteiger partial charge in [0.1, 0.15) is 10.7 Å². The fraction of sp³-hybridized carbons (Fsp3) is 0. The zero-order valence-corrected chi connectivity index (χ0v) is 7.30. The number of halogens is 6. The Kier molecular flexibility index (Phi) is 1.68. The largest absolute Gasteiger partial charge is 0.399 e. The molecule has 1 nitrogen and oxygen atoms in total. The Bertz CT molecular complexity index is 362. The molecule has 0 aliphatic heterocycles. The van der Waals surface area contributed by atoms with E-state index in [1.54, 1.807) is 0 Å². The summed E-state index contributed by atoms with van der Waals surface area (Å²) in [7, 11) is -9.82. The third kappa shape index (κ3) is 2.47. The Morgan fingerprint density at radius 1 is 0.929 bits per heavy atom. The van der Waals surface area contributed by atoms with Gasteiger partial charge in [0.15, 0.2) is 0 Å². The van der Waals surface area contributed by atoms with Crippen LogP contribution >= 0.6 is 10.2 Å². The van der Waals surface area contributed by atoms with Crippen LogP contribution in [-0.4, -0.2) is 0 Å². The first kappa shape index (κ1) is 11.0. The molecule has 8 heteroatoms. The molecule has 1 aromatic rings. The number of anilines is 1. The highest BCUT2D eigenvalue weighted by atomic mass is 32.5. The fourth-order valence-electron chi connectivity index (χ4n) is 0.807. The molecule has 0 amide bonds. The maximum atomic E-state index is 12.4. The number of rotatable bonds is 1. The van der Waals surface area contributed by atoms with E-state index >= 15 is 0 Å². The van der Waals surface area contributed by atoms with Crippen molar-refractivity contribution in [2.75, 3.05) is 5.73 Å². The minimum absolute atomic E-state index is 0.00460. The lowest BCUT2D eigenvalue weighted by atomic mass is 10.3. The molecule has 14 heavy (non-hydrogen) atoms. The van der Waals surface area contributed by atoms with Crippen molar-refractivity contribution in [3.63, 3.8) is 0 Å². The van der Waals surface area contributed by atoms with Crippen LogP contribution in [0.4, 0.5) is 29.5 Å². The van der Waals surface area contributed by atoms with Crippen LogP contribution in [-0.2, 0) is 0 Å². The molecule has 0 aromatic heterocycles. The van der Waals surface area contributed by atoms with E-state index in [9.17, 15) is 23.8 Å². The molecule has 0 aliphatic rings. The Labute approximate surface area is 75.2 Å². The molecule has 1 rings (SSSR count). The third-order valence-corrected chi connectivity index (χ3v) is 2.47. The summed E-state index contributed by atoms with van der Waals surface area (Å²) in [5.41, 5.74) is 4.12. The first-order chi connectivity index (χ1) is 5.88. The van der Waals surface area contributed by atoms with Gasteiger partial charge in [-0.05, 0) is 18.2 Å². The first-order valence-electron chi connectivity index (χ1n) is 3.19. The van der Waals surface area contributed by atoms with Gasteiger partial charge in [-0.15, -0.1) is 0 Å². The van der Waals surface area contributed by atoms with Crippen LogP contribution in [0.2, 0.25) is 0 Å². The van der Waals surface area contributed by atoms with E-state index in [0.29, 0.717) is 6.07 Å². The van der Waals surface area contributed by atoms with E-state index in [2.05, 4.69) is 0 Å². The van der Waals surface area contributed by atoms with Gasteiger partial charge in [0.2, 0.25) is 0 Å². The van der Waals surface area contributed by atoms with Gasteiger partial charge in [0, 0.05) is 5.69 Å². The van der Waals surface area contributed by atoms with E-state index in [0.717, 1.165) is 0 Å². The molecule has 0 atom stereocenters. The zero-order chi connectivity index (χ0) is 11.3. The van der Waals surface area contributed by atoms with E-state index in [4.69, 9.17) is 5.73 Å². The molecule has 2 N–H and O–H groups in total. The topological polar surface area (TPSA) is 26.0 Å². The van der Waals surface area contributed by atoms with Gasteiger partial charge >= 0.3 is 10.2 Å². The third-order valence-electron chi connectivity index (χ3n) is 1.34. The first-order valence-corrected chi connectivity index (χ1v) is 5.14. The molecule has 0 heterocycles. The second-order valence-electron chi connectivity index (χ2n) is 2.69. The lowest BCUT2D eigenvalue weighted by molar-refractivity contribution is 0.363. The second-order valence-corrected chi connectivity index (χ2v) is 5.10. The van der Waals surface area contributed by atoms with Crippen LogP contribution in [0.15, 0.2) is 23.1 Å². The fourth-order valence-corrected chi connectivity index (χ4v) is 1.50. The van der Waals surface area contributed by atoms with Gasteiger partial charge in [0.25, 0.3) is 0 Å². The molecule has 1 aromatic carbocycles. The van der Waals surface area contributed by atoms with Gasteiger partial charge < -0.3 is 5.73 Å². The number of nitrogens with two attached hydrogens (primary N) is 1. The van der Waals surface area contributed by atoms with Crippen molar-refractivity contribution >= 4 is 15.9 Å². The minimum Gasteiger partial charge on any atom is -0.399 e. The molecular formula is C6H5F6NS. The molecule has 0 unspecified atom stereocenters. The minimum atomic E-state index is -9.82. The highest BCUT2D eigenvalue weighted by Crippen LogP contribution is 3.02. The lowest BCUT2D eigenvalue weighted by Gasteiger charge is -2.40. The maximum absolute atomic E-state index is 12.4. The summed E-state index contributed by atoms with van der Waals surface area (Å²) >= 11 is 0. The summed E-state index contributed by atoms with van der Waals surface area (Å²) in [4.78, 5) is -2.32. The second kappa shape index (κ2) is 2.13. The quantitative estimate of drug-likeness (QED) is 0.578. The smallest absolute Gasteiger partial charge is 0.310 e. The van der Waals surface area contributed by atoms with Crippen LogP contribution in [0.3, 0.4) is 0 Å². The molecule has 82 valence electrons. The van der Waals surface area contributed by atoms with Gasteiger partial charge in [-0.3, -0.25) is 0 Å². The highest BCUT2D eigenvalue weighted by Gasteiger charge is 2.65. The van der Waals surface area contributed by atoms with Crippen molar-refractivity contribution in [1.29, 1.82) is 0 Å². The van der Waals surface area contributed by atoms with Gasteiger partial charge in [-0.1, -0.05) is 19.4 Å². The average molecular weight is 237 g/mol. The van der Waals surface area contributed by atoms with Crippen LogP contribution in [0.1, 0.15) is 0 Å². The zero-order valence-electron chi connectivity index (χ0n) is 6.49. The van der Waals surface area contributed by atoms with Crippen LogP contribution in [0, 0.1) is 5.82 Å². The Morgan fingerprint density at radius 3 is 1.79 bits per heavy atom. The molecule has 0 bridgehead atoms. The summed E-state index contributed by atoms with van der Waals surface area (Å²) in [5.74, 6) is -1.45. The van der Waals surface area contributed by atoms with Crippen LogP contribution in [0.5, 0.6) is 0 Å². The van der Waals surface area contributed by atoms with Crippen molar-refractivity contribution in [1.82, 2.24) is 0 Å². The van der Waals surface area contributed by atoms with E-state index in [1.807, 2.05) is 0 Å². The predicted molar refractivity (Wildman–Crippen MR) is 42.2 cm³/mol. The molecule has 0 spiro atoms. The van der Waals surface area contributed by atoms with Crippen molar-refractivity contribution in [3.8, 4) is 0 Å². The number of benzene rings is 1. The summed E-state index contributed by atoms with van der Waals surface area (Å²) in [6.07, 6.45) is 0. The molecule has 0 aliphatic carbocycles. The predicted octanol–water partition coefficient (Wildman–Crippen LogP) is 4.07. The van der Waals surface area contributed by atoms with E-state index in [1.165, 1.54) is 0 Å². The average Bonchev–Trinajstić information content (AvgIpc) is 1.78. The van der Waals surface area contributed by atoms with Gasteiger partial charge in [-0.25, -0.2) is 4.39 Å². The van der Waals surface area contributed by atoms with Crippen LogP contribution in [0.25, 0.3) is 0 Å². The van der Waals surface area contributed by atoms with E-state index in [-0.39, 0.29) is 12.1 Å². The summed E-state index contributed by atoms with van der Waals surface area (Å²) in [6, 6.07) is 0.246. The van der Waals surface area contributed by atoms with Crippen LogP contribution < -0.4 is 5.73 Å². The van der Waals surface area contributed by atoms with Gasteiger partial charge in [0.05, 0.1) is 0 Å². The standard InChI is InChI=1S/C6H5F6NS/c7-4-1-5(13)3-6(2-4)14(8,9,10,11)12/h1-3H,13H2. The Morgan fingerprint density at radius 2 is 1.43 bits per heavy atom. The molecular weight excluding hydrogens is 232 g/mol. The normalized spacial score (nSPS) is 17.3. The lowest BCUT2D eigenvalue weighted by Crippen LogP contribution is -2.07. The van der Waals surface area contributed by atoms with Crippen molar-refractivity contribution in [2.45, 2.75) is 4.90 Å². The molecule has 0 saturated heterocycles. The Hall–Kier alpha value is -1.05. The Balaban J connectivity index is 3.50. The summed E-state index contributed by atoms with van der Waals surface area (Å²) < 4.78 is 72.8. The summed E-state index contributed by atoms with van der Waals surface area (Å²) in [5, 5.41) is 0. The number of hydrogen-bond acceptors (Lipinski definition) is 1. The summed E-state index contributed by atoms with van der Waals surface area (Å²) in [6.45, 7) is 0. The van der Waals surface area contributed by atoms with Gasteiger partial charge in [-0.2, -0.15) is 0 Å². The molecule has 0 radical (unpaired) electrons. The number of nitrogen functional groups attached to an aromatic ring is 1. The maximum Gasteiger partial charge on any atom is 0.310 e. The molecule has 0 saturated carbocycles. The number of hydrogen-bond donors (Lipinski definition) is 1. The monoisotopic (exact) mass is 237 g/mol. The van der Waals surface area contributed by atoms with Crippen molar-refractivity contribution in [2.24, 2.45) is 0 Å². The van der Waals surface area contributed by atoms with E-state index < -0.39 is 26.6 Å². The molecule has 0 fully saturated rings. The van der Waals surface area contributed by atoms with Crippen molar-refractivity contribution in [3.05, 3.63) is 24.0 Å². The van der Waals surface area contributed by atoms with Crippen molar-refractivity contribution < 1.29 is 23.8 Å². The highest BCUT2D eigenvalue weighted by molar-refractivity contribution is 8.45.